The van der Waals surface area contributed by atoms with E-state index in [1.165, 1.54) is 24.0 Å². The highest BCUT2D eigenvalue weighted by Crippen LogP contribution is 2.33. The third-order valence-electron chi connectivity index (χ3n) is 10.0. The number of hydrogen-bond donors (Lipinski definition) is 2. The van der Waals surface area contributed by atoms with Gasteiger partial charge in [0.1, 0.15) is 11.8 Å². The van der Waals surface area contributed by atoms with Gasteiger partial charge in [-0.15, -0.1) is 0 Å². The fraction of sp³-hybridized carbons (Fsp3) is 0.449. The Kier molecular flexibility index (Phi) is 17.2. The van der Waals surface area contributed by atoms with Crippen molar-refractivity contribution in [2.24, 2.45) is 0 Å². The zero-order valence-electron chi connectivity index (χ0n) is 34.6. The molecule has 0 spiro atoms. The number of nitrogens with one attached hydrogen (secondary N) is 2. The molecule has 7 heteroatoms. The van der Waals surface area contributed by atoms with Crippen molar-refractivity contribution in [3.63, 3.8) is 0 Å². The SMILES string of the molecule is CC(C)(C)c1cc(OCCCCCCCCCCOC(=O)C(Cc2ccccc2)NC(=O)CNC(=O)C(c2ccccc2)c2ccccc2)cc(C(C)(C)C)c1. The highest BCUT2D eigenvalue weighted by Gasteiger charge is 2.26. The Morgan fingerprint density at radius 3 is 1.55 bits per heavy atom. The molecular weight excluding hydrogens is 697 g/mol. The fourth-order valence-corrected chi connectivity index (χ4v) is 6.62. The van der Waals surface area contributed by atoms with E-state index in [9.17, 15) is 14.4 Å². The van der Waals surface area contributed by atoms with Gasteiger partial charge in [-0.25, -0.2) is 4.79 Å². The maximum atomic E-state index is 13.4. The molecule has 0 aliphatic rings. The number of esters is 1. The lowest BCUT2D eigenvalue weighted by Crippen LogP contribution is -2.47. The number of unbranched alkanes of at least 4 members (excludes halogenated alkanes) is 7. The molecule has 0 saturated carbocycles. The van der Waals surface area contributed by atoms with Gasteiger partial charge in [-0.2, -0.15) is 0 Å². The number of carbonyl (C=O) groups is 3. The van der Waals surface area contributed by atoms with Gasteiger partial charge in [0, 0.05) is 6.42 Å². The van der Waals surface area contributed by atoms with Crippen LogP contribution in [0.3, 0.4) is 0 Å². The molecule has 7 nitrogen and oxygen atoms in total. The summed E-state index contributed by atoms with van der Waals surface area (Å²) in [5.41, 5.74) is 5.33. The second kappa shape index (κ2) is 22.0. The standard InChI is InChI=1S/C49H64N2O5/c1-48(2,3)40-33-41(49(4,5)6)35-42(34-40)55-30-22-11-9-7-8-10-12-23-31-56-47(54)43(32-37-24-16-13-17-25-37)51-44(52)36-50-46(53)45(38-26-18-14-19-27-38)39-28-20-15-21-29-39/h13-21,24-29,33-35,43,45H,7-12,22-23,30-32,36H2,1-6H3,(H,50,53)(H,51,52). The summed E-state index contributed by atoms with van der Waals surface area (Å²) >= 11 is 0. The first-order chi connectivity index (χ1) is 26.8. The van der Waals surface area contributed by atoms with Gasteiger partial charge in [0.05, 0.1) is 25.7 Å². The van der Waals surface area contributed by atoms with E-state index in [4.69, 9.17) is 9.47 Å². The minimum atomic E-state index is -0.868. The van der Waals surface area contributed by atoms with Crippen molar-refractivity contribution < 1.29 is 23.9 Å². The van der Waals surface area contributed by atoms with Crippen LogP contribution in [0.25, 0.3) is 0 Å². The first kappa shape index (κ1) is 43.8. The number of rotatable bonds is 21. The molecule has 2 N–H and O–H groups in total. The van der Waals surface area contributed by atoms with Crippen LogP contribution in [-0.2, 0) is 36.4 Å². The van der Waals surface area contributed by atoms with Gasteiger partial charge in [0.15, 0.2) is 0 Å². The monoisotopic (exact) mass is 760 g/mol. The fourth-order valence-electron chi connectivity index (χ4n) is 6.62. The van der Waals surface area contributed by atoms with Gasteiger partial charge in [-0.1, -0.05) is 177 Å². The Morgan fingerprint density at radius 1 is 0.589 bits per heavy atom. The van der Waals surface area contributed by atoms with E-state index in [-0.39, 0.29) is 23.3 Å². The molecule has 4 rings (SSSR count). The quantitative estimate of drug-likeness (QED) is 0.0652. The van der Waals surface area contributed by atoms with Crippen molar-refractivity contribution in [1.29, 1.82) is 0 Å². The Balaban J connectivity index is 1.15. The van der Waals surface area contributed by atoms with Crippen LogP contribution in [0.5, 0.6) is 5.75 Å². The molecule has 4 aromatic rings. The topological polar surface area (TPSA) is 93.7 Å². The van der Waals surface area contributed by atoms with Crippen LogP contribution in [0.4, 0.5) is 0 Å². The summed E-state index contributed by atoms with van der Waals surface area (Å²) < 4.78 is 11.9. The molecule has 0 heterocycles. The molecule has 300 valence electrons. The van der Waals surface area contributed by atoms with Gasteiger partial charge >= 0.3 is 5.97 Å². The van der Waals surface area contributed by atoms with Gasteiger partial charge in [0.25, 0.3) is 0 Å². The van der Waals surface area contributed by atoms with Crippen LogP contribution >= 0.6 is 0 Å². The van der Waals surface area contributed by atoms with Gasteiger partial charge in [-0.3, -0.25) is 9.59 Å². The third kappa shape index (κ3) is 15.0. The molecule has 0 aliphatic carbocycles. The predicted octanol–water partition coefficient (Wildman–Crippen LogP) is 10.0. The lowest BCUT2D eigenvalue weighted by atomic mass is 9.80. The molecule has 0 radical (unpaired) electrons. The Hall–Kier alpha value is -4.91. The highest BCUT2D eigenvalue weighted by atomic mass is 16.5. The molecular formula is C49H64N2O5. The second-order valence-corrected chi connectivity index (χ2v) is 16.9. The molecule has 2 amide bonds. The molecule has 4 aromatic carbocycles. The number of hydrogen-bond acceptors (Lipinski definition) is 5. The average molecular weight is 761 g/mol. The summed E-state index contributed by atoms with van der Waals surface area (Å²) in [5, 5.41) is 5.61. The molecule has 1 atom stereocenters. The summed E-state index contributed by atoms with van der Waals surface area (Å²) in [5.74, 6) is -0.813. The van der Waals surface area contributed by atoms with E-state index in [0.717, 1.165) is 67.6 Å². The second-order valence-electron chi connectivity index (χ2n) is 16.9. The smallest absolute Gasteiger partial charge is 0.328 e. The van der Waals surface area contributed by atoms with Gasteiger partial charge < -0.3 is 20.1 Å². The van der Waals surface area contributed by atoms with Gasteiger partial charge in [-0.05, 0) is 63.6 Å². The maximum absolute atomic E-state index is 13.4. The first-order valence-electron chi connectivity index (χ1n) is 20.5. The van der Waals surface area contributed by atoms with E-state index in [2.05, 4.69) is 70.4 Å². The van der Waals surface area contributed by atoms with Gasteiger partial charge in [0.2, 0.25) is 11.8 Å². The lowest BCUT2D eigenvalue weighted by molar-refractivity contribution is -0.148. The van der Waals surface area contributed by atoms with E-state index in [1.807, 2.05) is 91.0 Å². The summed E-state index contributed by atoms with van der Waals surface area (Å²) in [6, 6.07) is 34.3. The number of amides is 2. The maximum Gasteiger partial charge on any atom is 0.328 e. The van der Waals surface area contributed by atoms with Crippen LogP contribution in [0.2, 0.25) is 0 Å². The van der Waals surface area contributed by atoms with Crippen LogP contribution < -0.4 is 15.4 Å². The normalized spacial score (nSPS) is 12.2. The minimum absolute atomic E-state index is 0.0716. The van der Waals surface area contributed by atoms with Crippen molar-refractivity contribution in [3.8, 4) is 5.75 Å². The number of carbonyl (C=O) groups excluding carboxylic acids is 3. The summed E-state index contributed by atoms with van der Waals surface area (Å²) in [4.78, 5) is 39.8. The van der Waals surface area contributed by atoms with Crippen LogP contribution in [0.15, 0.2) is 109 Å². The Bertz CT molecular complexity index is 1710. The minimum Gasteiger partial charge on any atom is -0.494 e. The van der Waals surface area contributed by atoms with Crippen molar-refractivity contribution in [3.05, 3.63) is 137 Å². The molecule has 0 fully saturated rings. The van der Waals surface area contributed by atoms with E-state index < -0.39 is 23.8 Å². The predicted molar refractivity (Wildman–Crippen MR) is 227 cm³/mol. The van der Waals surface area contributed by atoms with Crippen molar-refractivity contribution >= 4 is 17.8 Å². The van der Waals surface area contributed by atoms with Crippen LogP contribution in [-0.4, -0.2) is 43.6 Å². The van der Waals surface area contributed by atoms with Crippen molar-refractivity contribution in [2.75, 3.05) is 19.8 Å². The molecule has 0 aliphatic heterocycles. The molecule has 1 unspecified atom stereocenters. The summed E-state index contributed by atoms with van der Waals surface area (Å²) in [6.07, 6.45) is 8.79. The van der Waals surface area contributed by atoms with Crippen LogP contribution in [0.1, 0.15) is 127 Å². The first-order valence-corrected chi connectivity index (χ1v) is 20.5. The largest absolute Gasteiger partial charge is 0.494 e. The summed E-state index contributed by atoms with van der Waals surface area (Å²) in [7, 11) is 0. The lowest BCUT2D eigenvalue weighted by Gasteiger charge is -2.26. The molecule has 0 saturated heterocycles. The van der Waals surface area contributed by atoms with Crippen molar-refractivity contribution in [2.45, 2.75) is 122 Å². The van der Waals surface area contributed by atoms with E-state index in [0.29, 0.717) is 13.0 Å². The van der Waals surface area contributed by atoms with E-state index in [1.54, 1.807) is 0 Å². The Morgan fingerprint density at radius 2 is 1.05 bits per heavy atom. The number of benzene rings is 4. The molecule has 0 bridgehead atoms. The average Bonchev–Trinajstić information content (AvgIpc) is 3.17. The highest BCUT2D eigenvalue weighted by molar-refractivity contribution is 5.92. The number of ether oxygens (including phenoxy) is 2. The zero-order valence-corrected chi connectivity index (χ0v) is 34.6. The van der Waals surface area contributed by atoms with Crippen molar-refractivity contribution in [1.82, 2.24) is 10.6 Å². The summed E-state index contributed by atoms with van der Waals surface area (Å²) in [6.45, 7) is 14.3. The zero-order chi connectivity index (χ0) is 40.4. The third-order valence-corrected chi connectivity index (χ3v) is 10.0. The Labute approximate surface area is 336 Å². The van der Waals surface area contributed by atoms with Crippen LogP contribution in [0, 0.1) is 0 Å². The molecule has 56 heavy (non-hydrogen) atoms. The van der Waals surface area contributed by atoms with E-state index >= 15 is 0 Å². The molecule has 0 aromatic heterocycles.